The van der Waals surface area contributed by atoms with Crippen LogP contribution in [0.3, 0.4) is 0 Å². The smallest absolute Gasteiger partial charge is 0.102 e. The SMILES string of the molecule is CC(C)(C)c1[c-]noc1.CC(C)(C)c1[c-]nsc1.CC(C)(C)c1c[c-]no1.CC(C)(C)c1c[c-]ns1.CC(C)(C)c1cn[c-]o1.CC(C)(C)c1cn[c-]s1.CC(C)(C)c1co[c-]n1.CC(C)(C)c1cs[c-]n1.[Re].[Re].[Re].[Re].[Re].[Re].[Re].[Re]. The minimum absolute atomic E-state index is 0. The number of hydrogen-bond donors (Lipinski definition) is 0. The first kappa shape index (κ1) is 96.9. The quantitative estimate of drug-likeness (QED) is 0.133. The molecule has 8 aromatic heterocycles. The van der Waals surface area contributed by atoms with Crippen LogP contribution in [0.2, 0.25) is 0 Å². The number of thiazole rings is 2. The van der Waals surface area contributed by atoms with Crippen LogP contribution < -0.4 is 0 Å². The molecule has 8 heterocycles. The summed E-state index contributed by atoms with van der Waals surface area (Å²) in [6, 6.07) is 3.71. The van der Waals surface area contributed by atoms with Crippen LogP contribution in [-0.2, 0) is 207 Å². The molecule has 8 rings (SSSR count). The van der Waals surface area contributed by atoms with Gasteiger partial charge in [0.15, 0.2) is 0 Å². The number of rotatable bonds is 0. The number of oxazole rings is 2. The van der Waals surface area contributed by atoms with E-state index in [2.05, 4.69) is 258 Å². The van der Waals surface area contributed by atoms with Gasteiger partial charge in [-0.05, 0) is 62.1 Å². The van der Waals surface area contributed by atoms with Crippen LogP contribution in [0, 0.1) is 48.6 Å². The predicted octanol–water partition coefficient (Wildman–Crippen LogP) is 16.0. The summed E-state index contributed by atoms with van der Waals surface area (Å²) in [5.74, 6) is 1.75. The van der Waals surface area contributed by atoms with E-state index in [-0.39, 0.29) is 207 Å². The average Bonchev–Trinajstić information content (AvgIpc) is 4.13. The van der Waals surface area contributed by atoms with Crippen molar-refractivity contribution < 1.29 is 181 Å². The van der Waals surface area contributed by atoms with Crippen molar-refractivity contribution in [3.8, 4) is 0 Å². The van der Waals surface area contributed by atoms with Gasteiger partial charge >= 0.3 is 0 Å². The molecule has 80 heavy (non-hydrogen) atoms. The van der Waals surface area contributed by atoms with Crippen molar-refractivity contribution in [2.75, 3.05) is 0 Å². The van der Waals surface area contributed by atoms with Gasteiger partial charge in [-0.2, -0.15) is 40.3 Å². The molecule has 0 bridgehead atoms. The molecule has 0 aromatic carbocycles. The monoisotopic (exact) mass is 2550 g/mol. The maximum Gasteiger partial charge on any atom is 0.102 e. The van der Waals surface area contributed by atoms with Gasteiger partial charge in [-0.25, -0.2) is 16.4 Å². The molecule has 8 radical (unpaired) electrons. The van der Waals surface area contributed by atoms with E-state index >= 15 is 0 Å². The summed E-state index contributed by atoms with van der Waals surface area (Å²) in [4.78, 5) is 18.1. The topological polar surface area (TPSA) is 156 Å². The second kappa shape index (κ2) is 45.0. The molecule has 0 saturated carbocycles. The zero-order chi connectivity index (χ0) is 55.2. The third-order valence-electron chi connectivity index (χ3n) is 9.23. The van der Waals surface area contributed by atoms with Crippen molar-refractivity contribution >= 4 is 45.7 Å². The zero-order valence-electron chi connectivity index (χ0n) is 50.5. The Hall–Kier alpha value is 0.659. The minimum atomic E-state index is 0. The predicted molar refractivity (Wildman–Crippen MR) is 295 cm³/mol. The summed E-state index contributed by atoms with van der Waals surface area (Å²) in [6.07, 6.45) is 22.8. The normalized spacial score (nSPS) is 10.7. The molecule has 8 aromatic rings. The van der Waals surface area contributed by atoms with E-state index in [1.165, 1.54) is 49.7 Å². The van der Waals surface area contributed by atoms with Crippen molar-refractivity contribution in [2.45, 2.75) is 209 Å². The van der Waals surface area contributed by atoms with E-state index in [4.69, 9.17) is 13.4 Å². The molecule has 12 nitrogen and oxygen atoms in total. The Kier molecular flexibility index (Phi) is 54.5. The average molecular weight is 2550 g/mol. The van der Waals surface area contributed by atoms with Crippen molar-refractivity contribution in [2.24, 2.45) is 0 Å². The molecule has 0 saturated heterocycles. The Morgan fingerprint density at radius 1 is 0.438 bits per heavy atom. The van der Waals surface area contributed by atoms with E-state index < -0.39 is 0 Å². The van der Waals surface area contributed by atoms with Gasteiger partial charge in [0.2, 0.25) is 0 Å². The molecule has 0 atom stereocenters. The molecular formula is C56H80N8O4Re8S4-8. The second-order valence-corrected chi connectivity index (χ2v) is 27.5. The summed E-state index contributed by atoms with van der Waals surface area (Å²) < 4.78 is 27.0. The molecular weight excluding hydrogens is 2470 g/mol. The molecule has 0 fully saturated rings. The molecule has 0 aliphatic heterocycles. The Morgan fingerprint density at radius 2 is 0.988 bits per heavy atom. The third-order valence-corrected chi connectivity index (χ3v) is 12.6. The summed E-state index contributed by atoms with van der Waals surface area (Å²) in [7, 11) is 0. The van der Waals surface area contributed by atoms with Gasteiger partial charge in [0, 0.05) is 163 Å². The molecule has 0 spiro atoms. The Morgan fingerprint density at radius 3 is 1.19 bits per heavy atom. The molecule has 0 aliphatic carbocycles. The van der Waals surface area contributed by atoms with E-state index in [0.29, 0.717) is 0 Å². The van der Waals surface area contributed by atoms with Crippen LogP contribution in [0.4, 0.5) is 0 Å². The van der Waals surface area contributed by atoms with Crippen molar-refractivity contribution in [1.29, 1.82) is 0 Å². The first-order chi connectivity index (χ1) is 32.8. The minimum Gasteiger partial charge on any atom is -0.581 e. The van der Waals surface area contributed by atoms with Crippen molar-refractivity contribution in [3.05, 3.63) is 140 Å². The van der Waals surface area contributed by atoms with Crippen molar-refractivity contribution in [1.82, 2.24) is 39.0 Å². The third kappa shape index (κ3) is 43.3. The fourth-order valence-corrected chi connectivity index (χ4v) is 6.89. The maximum absolute atomic E-state index is 4.96. The van der Waals surface area contributed by atoms with Crippen LogP contribution in [0.25, 0.3) is 0 Å². The molecule has 0 N–H and O–H groups in total. The van der Waals surface area contributed by atoms with E-state index in [1.54, 1.807) is 36.1 Å². The summed E-state index contributed by atoms with van der Waals surface area (Å²) in [5.41, 5.74) is 11.2. The van der Waals surface area contributed by atoms with Gasteiger partial charge < -0.3 is 46.6 Å². The second-order valence-electron chi connectivity index (χ2n) is 24.6. The maximum atomic E-state index is 4.96. The number of hydrogen-bond acceptors (Lipinski definition) is 16. The molecule has 456 valence electrons. The Balaban J connectivity index is -0.000000122. The largest absolute Gasteiger partial charge is 0.581 e. The Bertz CT molecular complexity index is 1950. The number of nitrogens with zero attached hydrogens (tertiary/aromatic N) is 8. The van der Waals surface area contributed by atoms with Gasteiger partial charge in [-0.3, -0.25) is 22.7 Å². The molecule has 24 heteroatoms. The summed E-state index contributed by atoms with van der Waals surface area (Å²) in [6.45, 7) is 50.9. The molecule has 0 unspecified atom stereocenters. The summed E-state index contributed by atoms with van der Waals surface area (Å²) in [5, 5.41) is 11.1. The van der Waals surface area contributed by atoms with Gasteiger partial charge in [0.1, 0.15) is 12.8 Å². The van der Waals surface area contributed by atoms with Gasteiger partial charge in [0.05, 0.1) is 0 Å². The Labute approximate surface area is 607 Å². The zero-order valence-corrected chi connectivity index (χ0v) is 75.5. The van der Waals surface area contributed by atoms with Crippen LogP contribution in [0.15, 0.2) is 65.7 Å². The number of aromatic nitrogens is 8. The first-order valence-electron chi connectivity index (χ1n) is 23.4. The van der Waals surface area contributed by atoms with Gasteiger partial charge in [0.25, 0.3) is 0 Å². The van der Waals surface area contributed by atoms with Crippen LogP contribution in [0.5, 0.6) is 0 Å². The van der Waals surface area contributed by atoms with Crippen molar-refractivity contribution in [3.63, 3.8) is 0 Å². The fraction of sp³-hybridized carbons (Fsp3) is 0.571. The van der Waals surface area contributed by atoms with Gasteiger partial charge in [-0.15, -0.1) is 45.3 Å². The molecule has 0 aliphatic rings. The van der Waals surface area contributed by atoms with E-state index in [1.807, 2.05) is 23.0 Å². The summed E-state index contributed by atoms with van der Waals surface area (Å²) >= 11 is 6.11. The van der Waals surface area contributed by atoms with E-state index in [0.717, 1.165) is 28.5 Å². The fourth-order valence-electron chi connectivity index (χ4n) is 4.26. The van der Waals surface area contributed by atoms with Crippen LogP contribution in [-0.4, -0.2) is 39.0 Å². The van der Waals surface area contributed by atoms with Crippen LogP contribution >= 0.6 is 45.7 Å². The van der Waals surface area contributed by atoms with Crippen LogP contribution in [0.1, 0.15) is 210 Å². The molecule has 0 amide bonds. The van der Waals surface area contributed by atoms with E-state index in [9.17, 15) is 0 Å². The standard InChI is InChI=1S/4C7H10NO.4C7H10NS.8Re/c1-7(2,3)6-4-9-5-8-6;1-7(2,3)6-4-8-5-9-6;1-7(2,3)6-4-8-9-5-6;1-7(2,3)6-4-5-8-9-6;1-7(2,3)6-4-9-5-8-6;1-7(2,3)6-4-8-5-9-6;1-7(2,3)6-4-8-9-5-6;1-7(2,3)6-4-5-8-9-6;;;;;;;;/h2*4H,1-3H3;5H,1-3H3;3*4H,1-3H3;5H,1-3H3;4H,1-3H3;;;;;;;;/q8*-1;;;;;;;;. The van der Waals surface area contributed by atoms with Gasteiger partial charge in [-0.1, -0.05) is 206 Å². The first-order valence-corrected chi connectivity index (χ1v) is 26.8.